The highest BCUT2D eigenvalue weighted by Crippen LogP contribution is 2.39. The van der Waals surface area contributed by atoms with Crippen LogP contribution in [0.4, 0.5) is 4.79 Å². The average molecular weight is 325 g/mol. The van der Waals surface area contributed by atoms with Crippen LogP contribution in [0.25, 0.3) is 0 Å². The first-order chi connectivity index (χ1) is 10.8. The summed E-state index contributed by atoms with van der Waals surface area (Å²) >= 11 is 0. The summed E-state index contributed by atoms with van der Waals surface area (Å²) in [5.74, 6) is 1.92. The molecule has 0 spiro atoms. The minimum Gasteiger partial charge on any atom is -0.445 e. The number of amides is 1. The lowest BCUT2D eigenvalue weighted by molar-refractivity contribution is 0.140. The maximum absolute atomic E-state index is 11.5. The Bertz CT molecular complexity index is 433. The van der Waals surface area contributed by atoms with E-state index in [2.05, 4.69) is 5.32 Å². The summed E-state index contributed by atoms with van der Waals surface area (Å²) < 4.78 is 16.0. The van der Waals surface area contributed by atoms with Gasteiger partial charge in [-0.15, -0.1) is 0 Å². The summed E-state index contributed by atoms with van der Waals surface area (Å²) in [4.78, 5) is 11.5. The van der Waals surface area contributed by atoms with Crippen molar-refractivity contribution in [2.24, 2.45) is 0 Å². The van der Waals surface area contributed by atoms with Gasteiger partial charge in [0.1, 0.15) is 6.61 Å². The molecule has 1 N–H and O–H groups in total. The van der Waals surface area contributed by atoms with Gasteiger partial charge >= 0.3 is 6.09 Å². The van der Waals surface area contributed by atoms with E-state index >= 15 is 0 Å². The minimum absolute atomic E-state index is 0.280. The topological polar surface area (TPSA) is 56.8 Å². The summed E-state index contributed by atoms with van der Waals surface area (Å²) in [6, 6.07) is 9.58. The van der Waals surface area contributed by atoms with E-state index in [1.807, 2.05) is 56.1 Å². The van der Waals surface area contributed by atoms with Crippen LogP contribution in [0.3, 0.4) is 0 Å². The summed E-state index contributed by atoms with van der Waals surface area (Å²) in [6.07, 6.45) is 2.25. The van der Waals surface area contributed by atoms with Gasteiger partial charge in [-0.2, -0.15) is 0 Å². The molecule has 0 aliphatic rings. The number of carbonyl (C=O) groups is 1. The Labute approximate surface area is 133 Å². The molecule has 1 aromatic rings. The van der Waals surface area contributed by atoms with Crippen molar-refractivity contribution in [3.63, 3.8) is 0 Å². The zero-order valence-corrected chi connectivity index (χ0v) is 14.1. The molecule has 5 nitrogen and oxygen atoms in total. The van der Waals surface area contributed by atoms with E-state index < -0.39 is 14.5 Å². The molecule has 1 aromatic carbocycles. The van der Waals surface area contributed by atoms with Crippen molar-refractivity contribution in [2.75, 3.05) is 19.8 Å². The maximum Gasteiger partial charge on any atom is 0.407 e. The van der Waals surface area contributed by atoms with Crippen molar-refractivity contribution >= 4 is 14.5 Å². The molecule has 0 aliphatic heterocycles. The fourth-order valence-electron chi connectivity index (χ4n) is 1.57. The smallest absolute Gasteiger partial charge is 0.407 e. The first-order valence-corrected chi connectivity index (χ1v) is 8.67. The molecule has 0 saturated heterocycles. The van der Waals surface area contributed by atoms with Crippen LogP contribution in [0.2, 0.25) is 0 Å². The van der Waals surface area contributed by atoms with Crippen molar-refractivity contribution in [1.82, 2.24) is 5.32 Å². The van der Waals surface area contributed by atoms with Crippen molar-refractivity contribution in [2.45, 2.75) is 26.9 Å². The highest BCUT2D eigenvalue weighted by molar-refractivity contribution is 7.50. The number of alkyl carbamates (subject to hydrolysis) is 1. The van der Waals surface area contributed by atoms with Crippen LogP contribution in [-0.2, 0) is 20.4 Å². The van der Waals surface area contributed by atoms with Crippen molar-refractivity contribution < 1.29 is 18.6 Å². The highest BCUT2D eigenvalue weighted by Gasteiger charge is 2.03. The first-order valence-electron chi connectivity index (χ1n) is 7.42. The largest absolute Gasteiger partial charge is 0.445 e. The minimum atomic E-state index is -0.954. The molecule has 22 heavy (non-hydrogen) atoms. The standard InChI is InChI=1S/C16H24NO4P/c1-3-20-22(21-4-2)13-9-8-12-17-16(18)19-14-15-10-6-5-7-11-15/h5-7,9-11,13H,3-4,8,12,14H2,1-2H3,(H,17,18)/b13-9+. The molecule has 0 heterocycles. The first kappa shape index (κ1) is 18.6. The Morgan fingerprint density at radius 2 is 1.86 bits per heavy atom. The van der Waals surface area contributed by atoms with Crippen LogP contribution in [0.5, 0.6) is 0 Å². The molecule has 6 heteroatoms. The van der Waals surface area contributed by atoms with E-state index in [4.69, 9.17) is 13.8 Å². The van der Waals surface area contributed by atoms with E-state index in [1.165, 1.54) is 0 Å². The molecular weight excluding hydrogens is 301 g/mol. The fraction of sp³-hybridized carbons (Fsp3) is 0.438. The predicted molar refractivity (Wildman–Crippen MR) is 88.6 cm³/mol. The second kappa shape index (κ2) is 12.2. The van der Waals surface area contributed by atoms with Crippen LogP contribution in [0, 0.1) is 0 Å². The lowest BCUT2D eigenvalue weighted by Crippen LogP contribution is -2.24. The second-order valence-corrected chi connectivity index (χ2v) is 5.67. The maximum atomic E-state index is 11.5. The zero-order chi connectivity index (χ0) is 16.0. The van der Waals surface area contributed by atoms with Gasteiger partial charge in [0.05, 0.1) is 13.2 Å². The molecule has 1 amide bonds. The van der Waals surface area contributed by atoms with Gasteiger partial charge in [0.25, 0.3) is 0 Å². The van der Waals surface area contributed by atoms with Crippen LogP contribution in [0.1, 0.15) is 25.8 Å². The second-order valence-electron chi connectivity index (χ2n) is 4.28. The third kappa shape index (κ3) is 8.78. The Balaban J connectivity index is 2.13. The Morgan fingerprint density at radius 3 is 2.50 bits per heavy atom. The number of benzene rings is 1. The highest BCUT2D eigenvalue weighted by atomic mass is 31.2. The lowest BCUT2D eigenvalue weighted by Gasteiger charge is -2.10. The van der Waals surface area contributed by atoms with Gasteiger partial charge in [-0.25, -0.2) is 4.79 Å². The number of hydrogen-bond donors (Lipinski definition) is 1. The van der Waals surface area contributed by atoms with Gasteiger partial charge in [0, 0.05) is 6.54 Å². The molecule has 0 aliphatic carbocycles. The van der Waals surface area contributed by atoms with Gasteiger partial charge < -0.3 is 19.1 Å². The van der Waals surface area contributed by atoms with E-state index in [-0.39, 0.29) is 6.61 Å². The van der Waals surface area contributed by atoms with E-state index in [9.17, 15) is 4.79 Å². The fourth-order valence-corrected chi connectivity index (χ4v) is 2.65. The quantitative estimate of drug-likeness (QED) is 0.517. The SMILES string of the molecule is CCOP(/C=C/CCNC(=O)OCc1ccccc1)OCC. The van der Waals surface area contributed by atoms with Gasteiger partial charge in [-0.05, 0) is 31.6 Å². The van der Waals surface area contributed by atoms with Gasteiger partial charge in [0.15, 0.2) is 8.38 Å². The summed E-state index contributed by atoms with van der Waals surface area (Å²) in [5, 5.41) is 2.70. The van der Waals surface area contributed by atoms with E-state index in [1.54, 1.807) is 0 Å². The van der Waals surface area contributed by atoms with Crippen LogP contribution in [-0.4, -0.2) is 25.9 Å². The molecule has 0 saturated carbocycles. The molecule has 0 aromatic heterocycles. The normalized spacial score (nSPS) is 11.0. The predicted octanol–water partition coefficient (Wildman–Crippen LogP) is 4.20. The zero-order valence-electron chi connectivity index (χ0n) is 13.2. The lowest BCUT2D eigenvalue weighted by atomic mass is 10.2. The van der Waals surface area contributed by atoms with E-state index in [0.29, 0.717) is 26.2 Å². The average Bonchev–Trinajstić information content (AvgIpc) is 2.54. The molecule has 0 unspecified atom stereocenters. The molecule has 1 rings (SSSR count). The van der Waals surface area contributed by atoms with Crippen molar-refractivity contribution in [3.8, 4) is 0 Å². The summed E-state index contributed by atoms with van der Waals surface area (Å²) in [5.41, 5.74) is 0.969. The van der Waals surface area contributed by atoms with Crippen LogP contribution >= 0.6 is 8.38 Å². The molecule has 0 radical (unpaired) electrons. The Kier molecular flexibility index (Phi) is 10.3. The molecule has 122 valence electrons. The van der Waals surface area contributed by atoms with Crippen molar-refractivity contribution in [3.05, 3.63) is 47.8 Å². The molecule has 0 fully saturated rings. The molecular formula is C16H24NO4P. The van der Waals surface area contributed by atoms with Crippen LogP contribution < -0.4 is 5.32 Å². The molecule has 0 bridgehead atoms. The third-order valence-corrected chi connectivity index (χ3v) is 4.01. The van der Waals surface area contributed by atoms with Crippen LogP contribution in [0.15, 0.2) is 42.2 Å². The number of hydrogen-bond acceptors (Lipinski definition) is 4. The number of nitrogens with one attached hydrogen (secondary N) is 1. The Hall–Kier alpha value is -1.42. The Morgan fingerprint density at radius 1 is 1.18 bits per heavy atom. The number of carbonyl (C=O) groups excluding carboxylic acids is 1. The summed E-state index contributed by atoms with van der Waals surface area (Å²) in [6.45, 7) is 5.92. The summed E-state index contributed by atoms with van der Waals surface area (Å²) in [7, 11) is -0.954. The number of ether oxygens (including phenoxy) is 1. The van der Waals surface area contributed by atoms with Gasteiger partial charge in [-0.1, -0.05) is 36.4 Å². The van der Waals surface area contributed by atoms with Gasteiger partial charge in [0.2, 0.25) is 0 Å². The van der Waals surface area contributed by atoms with Gasteiger partial charge in [-0.3, -0.25) is 0 Å². The number of rotatable bonds is 10. The van der Waals surface area contributed by atoms with E-state index in [0.717, 1.165) is 5.56 Å². The van der Waals surface area contributed by atoms with Crippen molar-refractivity contribution in [1.29, 1.82) is 0 Å². The third-order valence-electron chi connectivity index (χ3n) is 2.53. The molecule has 0 atom stereocenters. The monoisotopic (exact) mass is 325 g/mol.